The zero-order valence-corrected chi connectivity index (χ0v) is 7.12. The van der Waals surface area contributed by atoms with Crippen molar-refractivity contribution in [2.75, 3.05) is 14.2 Å². The van der Waals surface area contributed by atoms with Crippen LogP contribution < -0.4 is 11.1 Å². The lowest BCUT2D eigenvalue weighted by Crippen LogP contribution is -2.50. The Morgan fingerprint density at radius 2 is 1.90 bits per heavy atom. The fraction of sp³-hybridized carbons (Fsp3) is 0.800. The molecule has 0 fully saturated rings. The first-order valence-electron chi connectivity index (χ1n) is 2.72. The predicted molar refractivity (Wildman–Crippen MR) is 42.3 cm³/mol. The molecule has 0 aromatic carbocycles. The number of hydrogen-bond donors (Lipinski definition) is 2. The van der Waals surface area contributed by atoms with Gasteiger partial charge in [-0.2, -0.15) is 0 Å². The van der Waals surface area contributed by atoms with Gasteiger partial charge in [0.05, 0.1) is 0 Å². The van der Waals surface area contributed by atoms with Crippen molar-refractivity contribution >= 4 is 17.3 Å². The monoisotopic (exact) mass is 164 g/mol. The Hall–Kier alpha value is -0.390. The Morgan fingerprint density at radius 1 is 1.50 bits per heavy atom. The van der Waals surface area contributed by atoms with Gasteiger partial charge in [-0.1, -0.05) is 0 Å². The minimum absolute atomic E-state index is 0.145. The van der Waals surface area contributed by atoms with Crippen LogP contribution in [0.1, 0.15) is 6.92 Å². The van der Waals surface area contributed by atoms with E-state index in [0.29, 0.717) is 0 Å². The van der Waals surface area contributed by atoms with Crippen molar-refractivity contribution in [2.45, 2.75) is 12.8 Å². The van der Waals surface area contributed by atoms with Crippen LogP contribution in [-0.2, 0) is 9.47 Å². The van der Waals surface area contributed by atoms with Gasteiger partial charge in [0.2, 0.25) is 5.91 Å². The van der Waals surface area contributed by atoms with E-state index in [4.69, 9.17) is 15.2 Å². The lowest BCUT2D eigenvalue weighted by Gasteiger charge is -2.26. The van der Waals surface area contributed by atoms with Crippen molar-refractivity contribution in [3.8, 4) is 0 Å². The summed E-state index contributed by atoms with van der Waals surface area (Å²) in [6, 6.07) is 0. The van der Waals surface area contributed by atoms with E-state index in [9.17, 15) is 0 Å². The van der Waals surface area contributed by atoms with Gasteiger partial charge in [-0.05, 0) is 12.2 Å². The standard InChI is InChI=1S/C5H12N2O2S/c1-5(8-2,9-3)7-4(6)10/h1-3H3,(H3,6,7,10). The molecule has 4 nitrogen and oxygen atoms in total. The van der Waals surface area contributed by atoms with Gasteiger partial charge in [-0.3, -0.25) is 0 Å². The van der Waals surface area contributed by atoms with E-state index < -0.39 is 5.91 Å². The number of nitrogens with one attached hydrogen (secondary N) is 1. The molecule has 0 amide bonds. The molecule has 0 aromatic rings. The van der Waals surface area contributed by atoms with Gasteiger partial charge < -0.3 is 20.5 Å². The summed E-state index contributed by atoms with van der Waals surface area (Å²) in [5.41, 5.74) is 5.19. The van der Waals surface area contributed by atoms with Gasteiger partial charge in [-0.15, -0.1) is 0 Å². The molecule has 0 aliphatic carbocycles. The smallest absolute Gasteiger partial charge is 0.247 e. The third-order valence-electron chi connectivity index (χ3n) is 1.13. The van der Waals surface area contributed by atoms with Crippen molar-refractivity contribution < 1.29 is 9.47 Å². The van der Waals surface area contributed by atoms with Crippen molar-refractivity contribution in [1.29, 1.82) is 0 Å². The third-order valence-corrected chi connectivity index (χ3v) is 1.23. The number of nitrogens with two attached hydrogens (primary N) is 1. The Morgan fingerprint density at radius 3 is 2.00 bits per heavy atom. The molecule has 0 saturated heterocycles. The van der Waals surface area contributed by atoms with Crippen LogP contribution >= 0.6 is 12.2 Å². The van der Waals surface area contributed by atoms with Crippen LogP contribution in [0.15, 0.2) is 0 Å². The summed E-state index contributed by atoms with van der Waals surface area (Å²) < 4.78 is 9.79. The van der Waals surface area contributed by atoms with Crippen LogP contribution in [-0.4, -0.2) is 25.2 Å². The topological polar surface area (TPSA) is 56.5 Å². The maximum Gasteiger partial charge on any atom is 0.247 e. The summed E-state index contributed by atoms with van der Waals surface area (Å²) in [5, 5.41) is 2.76. The minimum atomic E-state index is -0.911. The van der Waals surface area contributed by atoms with Gasteiger partial charge >= 0.3 is 0 Å². The van der Waals surface area contributed by atoms with Crippen molar-refractivity contribution in [3.05, 3.63) is 0 Å². The Labute approximate surface area is 65.7 Å². The lowest BCUT2D eigenvalue weighted by molar-refractivity contribution is -0.203. The van der Waals surface area contributed by atoms with Gasteiger partial charge in [0.15, 0.2) is 5.11 Å². The van der Waals surface area contributed by atoms with Gasteiger partial charge in [0, 0.05) is 21.1 Å². The predicted octanol–water partition coefficient (Wildman–Crippen LogP) is -0.214. The quantitative estimate of drug-likeness (QED) is 0.446. The molecular weight excluding hydrogens is 152 g/mol. The van der Waals surface area contributed by atoms with E-state index in [0.717, 1.165) is 0 Å². The molecule has 0 saturated carbocycles. The molecule has 3 N–H and O–H groups in total. The summed E-state index contributed by atoms with van der Waals surface area (Å²) in [5.74, 6) is -0.911. The third kappa shape index (κ3) is 2.95. The van der Waals surface area contributed by atoms with E-state index in [2.05, 4.69) is 17.5 Å². The first-order valence-corrected chi connectivity index (χ1v) is 3.13. The number of ether oxygens (including phenoxy) is 2. The second kappa shape index (κ2) is 3.70. The molecule has 0 rings (SSSR count). The Bertz CT molecular complexity index is 125. The average Bonchev–Trinajstić information content (AvgIpc) is 1.87. The van der Waals surface area contributed by atoms with Crippen LogP contribution in [0.25, 0.3) is 0 Å². The molecule has 5 heteroatoms. The summed E-state index contributed by atoms with van der Waals surface area (Å²) in [4.78, 5) is 0. The second-order valence-electron chi connectivity index (χ2n) is 1.84. The van der Waals surface area contributed by atoms with E-state index in [1.165, 1.54) is 14.2 Å². The number of thiocarbonyl (C=S) groups is 1. The first-order chi connectivity index (χ1) is 4.54. The van der Waals surface area contributed by atoms with Crippen LogP contribution in [0.3, 0.4) is 0 Å². The lowest BCUT2D eigenvalue weighted by atomic mass is 10.5. The number of rotatable bonds is 3. The largest absolute Gasteiger partial charge is 0.376 e. The number of methoxy groups -OCH3 is 2. The molecular formula is C5H12N2O2S. The van der Waals surface area contributed by atoms with Crippen LogP contribution in [0.4, 0.5) is 0 Å². The number of hydrogen-bond acceptors (Lipinski definition) is 3. The summed E-state index contributed by atoms with van der Waals surface area (Å²) in [7, 11) is 2.99. The van der Waals surface area contributed by atoms with E-state index >= 15 is 0 Å². The van der Waals surface area contributed by atoms with Gasteiger partial charge in [-0.25, -0.2) is 0 Å². The molecule has 10 heavy (non-hydrogen) atoms. The molecule has 60 valence electrons. The van der Waals surface area contributed by atoms with Crippen LogP contribution in [0.2, 0.25) is 0 Å². The molecule has 0 aromatic heterocycles. The maximum absolute atomic E-state index is 5.19. The van der Waals surface area contributed by atoms with Crippen molar-refractivity contribution in [1.82, 2.24) is 5.32 Å². The zero-order chi connectivity index (χ0) is 8.20. The Balaban J connectivity index is 3.92. The maximum atomic E-state index is 5.19. The van der Waals surface area contributed by atoms with Gasteiger partial charge in [0.25, 0.3) is 0 Å². The molecule has 0 aliphatic rings. The van der Waals surface area contributed by atoms with Crippen molar-refractivity contribution in [3.63, 3.8) is 0 Å². The molecule has 0 spiro atoms. The molecule has 0 atom stereocenters. The van der Waals surface area contributed by atoms with E-state index in [-0.39, 0.29) is 5.11 Å². The minimum Gasteiger partial charge on any atom is -0.376 e. The molecule has 0 unspecified atom stereocenters. The summed E-state index contributed by atoms with van der Waals surface area (Å²) >= 11 is 4.58. The highest BCUT2D eigenvalue weighted by molar-refractivity contribution is 7.80. The highest BCUT2D eigenvalue weighted by Gasteiger charge is 2.21. The second-order valence-corrected chi connectivity index (χ2v) is 2.28. The SMILES string of the molecule is COC(C)(NC(N)=S)OC. The average molecular weight is 164 g/mol. The van der Waals surface area contributed by atoms with Crippen LogP contribution in [0.5, 0.6) is 0 Å². The van der Waals surface area contributed by atoms with Crippen LogP contribution in [0, 0.1) is 0 Å². The van der Waals surface area contributed by atoms with Gasteiger partial charge in [0.1, 0.15) is 0 Å². The zero-order valence-electron chi connectivity index (χ0n) is 6.30. The highest BCUT2D eigenvalue weighted by Crippen LogP contribution is 2.03. The molecule has 0 bridgehead atoms. The highest BCUT2D eigenvalue weighted by atomic mass is 32.1. The molecule has 0 radical (unpaired) electrons. The molecule has 0 heterocycles. The van der Waals surface area contributed by atoms with Crippen molar-refractivity contribution in [2.24, 2.45) is 5.73 Å². The normalized spacial score (nSPS) is 11.1. The fourth-order valence-corrected chi connectivity index (χ4v) is 0.595. The fourth-order valence-electron chi connectivity index (χ4n) is 0.409. The molecule has 0 aliphatic heterocycles. The summed E-state index contributed by atoms with van der Waals surface area (Å²) in [6.45, 7) is 1.67. The first kappa shape index (κ1) is 9.61. The Kier molecular flexibility index (Phi) is 3.55. The van der Waals surface area contributed by atoms with E-state index in [1.807, 2.05) is 0 Å². The van der Waals surface area contributed by atoms with E-state index in [1.54, 1.807) is 6.92 Å². The summed E-state index contributed by atoms with van der Waals surface area (Å²) in [6.07, 6.45) is 0.